The van der Waals surface area contributed by atoms with Crippen LogP contribution in [0.2, 0.25) is 0 Å². The van der Waals surface area contributed by atoms with Crippen molar-refractivity contribution in [3.63, 3.8) is 0 Å². The molecule has 19 heavy (non-hydrogen) atoms. The summed E-state index contributed by atoms with van der Waals surface area (Å²) in [5, 5.41) is 2.86. The van der Waals surface area contributed by atoms with Gasteiger partial charge in [-0.05, 0) is 36.8 Å². The van der Waals surface area contributed by atoms with Crippen LogP contribution in [-0.2, 0) is 11.2 Å². The summed E-state index contributed by atoms with van der Waals surface area (Å²) in [5.74, 6) is 1.41. The smallest absolute Gasteiger partial charge is 0.224 e. The summed E-state index contributed by atoms with van der Waals surface area (Å²) in [6.07, 6.45) is 3.43. The molecule has 0 aliphatic carbocycles. The minimum absolute atomic E-state index is 0.0584. The Hall–Kier alpha value is -1.71. The number of nitrogens with one attached hydrogen (secondary N) is 1. The van der Waals surface area contributed by atoms with Crippen LogP contribution in [0.1, 0.15) is 38.7 Å². The number of hydrogen-bond donors (Lipinski definition) is 2. The second-order valence-corrected chi connectivity index (χ2v) is 5.48. The first-order valence-electron chi connectivity index (χ1n) is 6.91. The summed E-state index contributed by atoms with van der Waals surface area (Å²) in [4.78, 5) is 11.4. The monoisotopic (exact) mass is 262 g/mol. The summed E-state index contributed by atoms with van der Waals surface area (Å²) in [5.41, 5.74) is 8.56. The van der Waals surface area contributed by atoms with Gasteiger partial charge in [-0.1, -0.05) is 13.8 Å². The molecular weight excluding hydrogens is 240 g/mol. The number of nitrogens with two attached hydrogens (primary N) is 1. The van der Waals surface area contributed by atoms with Crippen LogP contribution in [0.3, 0.4) is 0 Å². The molecule has 4 nitrogen and oxygen atoms in total. The molecule has 0 atom stereocenters. The largest absolute Gasteiger partial charge is 0.491 e. The van der Waals surface area contributed by atoms with Gasteiger partial charge in [-0.2, -0.15) is 0 Å². The molecule has 1 aliphatic rings. The van der Waals surface area contributed by atoms with Gasteiger partial charge in [0.2, 0.25) is 5.91 Å². The normalized spacial score (nSPS) is 14.2. The summed E-state index contributed by atoms with van der Waals surface area (Å²) >= 11 is 0. The van der Waals surface area contributed by atoms with Gasteiger partial charge in [0.15, 0.2) is 0 Å². The molecule has 1 amide bonds. The van der Waals surface area contributed by atoms with Gasteiger partial charge >= 0.3 is 0 Å². The van der Waals surface area contributed by atoms with Gasteiger partial charge < -0.3 is 15.8 Å². The Balaban J connectivity index is 2.01. The molecule has 0 saturated heterocycles. The third-order valence-corrected chi connectivity index (χ3v) is 3.31. The second-order valence-electron chi connectivity index (χ2n) is 5.48. The third kappa shape index (κ3) is 3.63. The van der Waals surface area contributed by atoms with Gasteiger partial charge in [-0.15, -0.1) is 0 Å². The maximum atomic E-state index is 11.4. The lowest BCUT2D eigenvalue weighted by Gasteiger charge is -2.19. The molecule has 3 N–H and O–H groups in total. The molecule has 0 bridgehead atoms. The van der Waals surface area contributed by atoms with E-state index in [2.05, 4.69) is 19.2 Å². The Morgan fingerprint density at radius 3 is 2.89 bits per heavy atom. The minimum Gasteiger partial charge on any atom is -0.491 e. The Morgan fingerprint density at radius 1 is 1.37 bits per heavy atom. The molecule has 1 aliphatic heterocycles. The van der Waals surface area contributed by atoms with E-state index in [9.17, 15) is 4.79 Å². The zero-order valence-electron chi connectivity index (χ0n) is 11.7. The van der Waals surface area contributed by atoms with E-state index in [4.69, 9.17) is 10.5 Å². The van der Waals surface area contributed by atoms with Crippen LogP contribution in [0.25, 0.3) is 0 Å². The topological polar surface area (TPSA) is 64.3 Å². The second kappa shape index (κ2) is 5.95. The van der Waals surface area contributed by atoms with Crippen molar-refractivity contribution in [1.29, 1.82) is 0 Å². The molecule has 4 heteroatoms. The van der Waals surface area contributed by atoms with Crippen molar-refractivity contribution in [1.82, 2.24) is 0 Å². The molecule has 1 heterocycles. The first-order valence-corrected chi connectivity index (χ1v) is 6.91. The Labute approximate surface area is 114 Å². The van der Waals surface area contributed by atoms with Gasteiger partial charge in [0, 0.05) is 18.2 Å². The number of anilines is 2. The van der Waals surface area contributed by atoms with E-state index in [1.54, 1.807) is 0 Å². The summed E-state index contributed by atoms with van der Waals surface area (Å²) in [6, 6.07) is 3.75. The lowest BCUT2D eigenvalue weighted by molar-refractivity contribution is -0.116. The Kier molecular flexibility index (Phi) is 4.30. The van der Waals surface area contributed by atoms with E-state index in [1.807, 2.05) is 12.1 Å². The Bertz CT molecular complexity index is 469. The van der Waals surface area contributed by atoms with E-state index in [-0.39, 0.29) is 5.91 Å². The summed E-state index contributed by atoms with van der Waals surface area (Å²) < 4.78 is 5.71. The predicted octanol–water partition coefficient (Wildman–Crippen LogP) is 2.97. The van der Waals surface area contributed by atoms with Crippen molar-refractivity contribution >= 4 is 17.3 Å². The van der Waals surface area contributed by atoms with Crippen molar-refractivity contribution in [2.24, 2.45) is 5.92 Å². The van der Waals surface area contributed by atoms with Gasteiger partial charge in [0.1, 0.15) is 5.75 Å². The number of carbonyl (C=O) groups excluding carboxylic acids is 1. The number of hydrogen-bond acceptors (Lipinski definition) is 3. The summed E-state index contributed by atoms with van der Waals surface area (Å²) in [7, 11) is 0. The van der Waals surface area contributed by atoms with Gasteiger partial charge in [-0.3, -0.25) is 4.79 Å². The van der Waals surface area contributed by atoms with Crippen LogP contribution in [0.4, 0.5) is 11.4 Å². The van der Waals surface area contributed by atoms with Crippen molar-refractivity contribution in [3.05, 3.63) is 17.7 Å². The molecule has 0 radical (unpaired) electrons. The van der Waals surface area contributed by atoms with E-state index >= 15 is 0 Å². The highest BCUT2D eigenvalue weighted by atomic mass is 16.5. The molecule has 1 aromatic carbocycles. The standard InChI is InChI=1S/C15H22N2O2/c1-10(2)4-3-7-19-14-9-13-11(8-12(14)16)5-6-15(18)17-13/h8-10H,3-7,16H2,1-2H3,(H,17,18). The van der Waals surface area contributed by atoms with Crippen LogP contribution in [0.15, 0.2) is 12.1 Å². The molecule has 0 aromatic heterocycles. The van der Waals surface area contributed by atoms with Crippen LogP contribution in [-0.4, -0.2) is 12.5 Å². The summed E-state index contributed by atoms with van der Waals surface area (Å²) in [6.45, 7) is 5.06. The average Bonchev–Trinajstić information content (AvgIpc) is 2.35. The fraction of sp³-hybridized carbons (Fsp3) is 0.533. The number of aryl methyl sites for hydroxylation is 1. The number of amides is 1. The number of fused-ring (bicyclic) bond motifs is 1. The number of nitrogen functional groups attached to an aromatic ring is 1. The quantitative estimate of drug-likeness (QED) is 0.633. The van der Waals surface area contributed by atoms with Crippen LogP contribution in [0, 0.1) is 5.92 Å². The molecule has 1 aromatic rings. The first kappa shape index (κ1) is 13.7. The van der Waals surface area contributed by atoms with Gasteiger partial charge in [0.25, 0.3) is 0 Å². The highest BCUT2D eigenvalue weighted by Crippen LogP contribution is 2.32. The Morgan fingerprint density at radius 2 is 2.16 bits per heavy atom. The number of benzene rings is 1. The van der Waals surface area contributed by atoms with E-state index < -0.39 is 0 Å². The SMILES string of the molecule is CC(C)CCCOc1cc2c(cc1N)CCC(=O)N2. The number of rotatable bonds is 5. The third-order valence-electron chi connectivity index (χ3n) is 3.31. The van der Waals surface area contributed by atoms with Crippen molar-refractivity contribution in [2.45, 2.75) is 39.5 Å². The van der Waals surface area contributed by atoms with Crippen LogP contribution in [0.5, 0.6) is 5.75 Å². The lowest BCUT2D eigenvalue weighted by Crippen LogP contribution is -2.19. The minimum atomic E-state index is 0.0584. The molecular formula is C15H22N2O2. The maximum absolute atomic E-state index is 11.4. The molecule has 0 fully saturated rings. The fourth-order valence-corrected chi connectivity index (χ4v) is 2.23. The highest BCUT2D eigenvalue weighted by Gasteiger charge is 2.17. The molecule has 2 rings (SSSR count). The highest BCUT2D eigenvalue weighted by molar-refractivity contribution is 5.94. The fourth-order valence-electron chi connectivity index (χ4n) is 2.23. The van der Waals surface area contributed by atoms with Crippen LogP contribution >= 0.6 is 0 Å². The zero-order valence-corrected chi connectivity index (χ0v) is 11.7. The van der Waals surface area contributed by atoms with E-state index in [1.165, 1.54) is 0 Å². The number of ether oxygens (including phenoxy) is 1. The number of carbonyl (C=O) groups is 1. The predicted molar refractivity (Wildman–Crippen MR) is 77.4 cm³/mol. The average molecular weight is 262 g/mol. The lowest BCUT2D eigenvalue weighted by atomic mass is 10.0. The van der Waals surface area contributed by atoms with Crippen molar-refractivity contribution < 1.29 is 9.53 Å². The van der Waals surface area contributed by atoms with Gasteiger partial charge in [-0.25, -0.2) is 0 Å². The zero-order chi connectivity index (χ0) is 13.8. The molecule has 104 valence electrons. The maximum Gasteiger partial charge on any atom is 0.224 e. The van der Waals surface area contributed by atoms with Crippen molar-refractivity contribution in [2.75, 3.05) is 17.7 Å². The van der Waals surface area contributed by atoms with Crippen molar-refractivity contribution in [3.8, 4) is 5.75 Å². The van der Waals surface area contributed by atoms with Crippen LogP contribution < -0.4 is 15.8 Å². The van der Waals surface area contributed by atoms with Gasteiger partial charge in [0.05, 0.1) is 12.3 Å². The van der Waals surface area contributed by atoms with E-state index in [0.717, 1.165) is 30.5 Å². The van der Waals surface area contributed by atoms with E-state index in [0.29, 0.717) is 30.4 Å². The first-order chi connectivity index (χ1) is 9.06. The molecule has 0 saturated carbocycles. The molecule has 0 unspecified atom stereocenters. The molecule has 0 spiro atoms.